The summed E-state index contributed by atoms with van der Waals surface area (Å²) in [6.45, 7) is 7.68. The molecule has 0 atom stereocenters. The number of anilines is 1. The minimum absolute atomic E-state index is 0.0299. The van der Waals surface area contributed by atoms with Gasteiger partial charge in [0.2, 0.25) is 10.0 Å². The van der Waals surface area contributed by atoms with Crippen molar-refractivity contribution in [3.63, 3.8) is 0 Å². The van der Waals surface area contributed by atoms with Gasteiger partial charge in [0.15, 0.2) is 0 Å². The number of hydrogen-bond donors (Lipinski definition) is 2. The van der Waals surface area contributed by atoms with Gasteiger partial charge in [0.1, 0.15) is 5.82 Å². The zero-order chi connectivity index (χ0) is 18.0. The van der Waals surface area contributed by atoms with Gasteiger partial charge in [-0.25, -0.2) is 17.5 Å². The lowest BCUT2D eigenvalue weighted by Gasteiger charge is -2.31. The van der Waals surface area contributed by atoms with Crippen molar-refractivity contribution in [2.45, 2.75) is 64.2 Å². The number of benzene rings is 1. The van der Waals surface area contributed by atoms with Crippen molar-refractivity contribution in [1.82, 2.24) is 4.72 Å². The van der Waals surface area contributed by atoms with E-state index in [0.29, 0.717) is 11.5 Å². The van der Waals surface area contributed by atoms with E-state index in [0.717, 1.165) is 37.9 Å². The highest BCUT2D eigenvalue weighted by Gasteiger charge is 2.32. The van der Waals surface area contributed by atoms with Crippen LogP contribution >= 0.6 is 0 Å². The van der Waals surface area contributed by atoms with E-state index in [-0.39, 0.29) is 11.9 Å². The monoisotopic (exact) mass is 356 g/mol. The molecule has 0 aromatic heterocycles. The first-order valence-corrected chi connectivity index (χ1v) is 10.1. The molecule has 24 heavy (non-hydrogen) atoms. The molecule has 0 aliphatic heterocycles. The predicted octanol–water partition coefficient (Wildman–Crippen LogP) is 3.82. The van der Waals surface area contributed by atoms with E-state index in [1.807, 2.05) is 6.07 Å². The van der Waals surface area contributed by atoms with Crippen LogP contribution in [0.15, 0.2) is 18.2 Å². The second-order valence-corrected chi connectivity index (χ2v) is 10.3. The Morgan fingerprint density at radius 3 is 2.33 bits per heavy atom. The highest BCUT2D eigenvalue weighted by atomic mass is 32.2. The summed E-state index contributed by atoms with van der Waals surface area (Å²) in [5.41, 5.74) is 1.45. The Morgan fingerprint density at radius 1 is 1.17 bits per heavy atom. The maximum absolute atomic E-state index is 13.5. The SMILES string of the molecule is Cc1ccc(NC[C@H]2CC[C@H](NS(=O)(=O)C(C)(C)C)CC2)cc1F. The fourth-order valence-corrected chi connectivity index (χ4v) is 3.87. The van der Waals surface area contributed by atoms with Gasteiger partial charge in [-0.05, 0) is 77.0 Å². The molecule has 0 heterocycles. The lowest BCUT2D eigenvalue weighted by atomic mass is 9.86. The van der Waals surface area contributed by atoms with Gasteiger partial charge >= 0.3 is 0 Å². The van der Waals surface area contributed by atoms with Crippen molar-refractivity contribution in [2.75, 3.05) is 11.9 Å². The molecule has 6 heteroatoms. The van der Waals surface area contributed by atoms with E-state index in [1.165, 1.54) is 6.07 Å². The fraction of sp³-hybridized carbons (Fsp3) is 0.667. The van der Waals surface area contributed by atoms with E-state index in [1.54, 1.807) is 33.8 Å². The van der Waals surface area contributed by atoms with Gasteiger partial charge in [0.05, 0.1) is 4.75 Å². The Balaban J connectivity index is 1.80. The van der Waals surface area contributed by atoms with E-state index >= 15 is 0 Å². The van der Waals surface area contributed by atoms with Crippen LogP contribution in [0.1, 0.15) is 52.0 Å². The highest BCUT2D eigenvalue weighted by molar-refractivity contribution is 7.90. The van der Waals surface area contributed by atoms with Crippen molar-refractivity contribution >= 4 is 15.7 Å². The first-order chi connectivity index (χ1) is 11.1. The number of aryl methyl sites for hydroxylation is 1. The first kappa shape index (κ1) is 19.2. The first-order valence-electron chi connectivity index (χ1n) is 8.60. The van der Waals surface area contributed by atoms with Gasteiger partial charge in [0, 0.05) is 18.3 Å². The minimum Gasteiger partial charge on any atom is -0.385 e. The standard InChI is InChI=1S/C18H29FN2O2S/c1-13-5-8-16(11-17(13)19)20-12-14-6-9-15(10-7-14)21-24(22,23)18(2,3)4/h5,8,11,14-15,20-21H,6-7,9-10,12H2,1-4H3/t14-,15-. The predicted molar refractivity (Wildman–Crippen MR) is 97.2 cm³/mol. The van der Waals surface area contributed by atoms with Crippen LogP contribution < -0.4 is 10.0 Å². The summed E-state index contributed by atoms with van der Waals surface area (Å²) in [6, 6.07) is 5.22. The van der Waals surface area contributed by atoms with Gasteiger partial charge < -0.3 is 5.32 Å². The number of hydrogen-bond acceptors (Lipinski definition) is 3. The molecule has 0 unspecified atom stereocenters. The van der Waals surface area contributed by atoms with Crippen LogP contribution in [0.25, 0.3) is 0 Å². The van der Waals surface area contributed by atoms with Crippen molar-refractivity contribution in [3.8, 4) is 0 Å². The van der Waals surface area contributed by atoms with E-state index in [9.17, 15) is 12.8 Å². The van der Waals surface area contributed by atoms with E-state index in [2.05, 4.69) is 10.0 Å². The third-order valence-corrected chi connectivity index (χ3v) is 7.00. The van der Waals surface area contributed by atoms with Gasteiger partial charge in [-0.15, -0.1) is 0 Å². The second-order valence-electron chi connectivity index (χ2n) is 7.80. The van der Waals surface area contributed by atoms with Crippen LogP contribution in [0.3, 0.4) is 0 Å². The number of nitrogens with one attached hydrogen (secondary N) is 2. The molecule has 0 spiro atoms. The number of sulfonamides is 1. The molecule has 0 amide bonds. The zero-order valence-corrected chi connectivity index (χ0v) is 15.8. The molecule has 0 saturated heterocycles. The van der Waals surface area contributed by atoms with Crippen molar-refractivity contribution in [2.24, 2.45) is 5.92 Å². The molecule has 1 aromatic carbocycles. The van der Waals surface area contributed by atoms with Crippen LogP contribution in [0.2, 0.25) is 0 Å². The van der Waals surface area contributed by atoms with E-state index in [4.69, 9.17) is 0 Å². The third kappa shape index (κ3) is 4.93. The lowest BCUT2D eigenvalue weighted by molar-refractivity contribution is 0.322. The zero-order valence-electron chi connectivity index (χ0n) is 15.0. The molecule has 1 aliphatic carbocycles. The van der Waals surface area contributed by atoms with Crippen LogP contribution in [-0.2, 0) is 10.0 Å². The third-order valence-electron chi connectivity index (χ3n) is 4.74. The van der Waals surface area contributed by atoms with Crippen LogP contribution in [-0.4, -0.2) is 25.8 Å². The summed E-state index contributed by atoms with van der Waals surface area (Å²) >= 11 is 0. The number of halogens is 1. The quantitative estimate of drug-likeness (QED) is 0.843. The molecule has 1 fully saturated rings. The summed E-state index contributed by atoms with van der Waals surface area (Å²) in [4.78, 5) is 0. The Hall–Kier alpha value is -1.14. The summed E-state index contributed by atoms with van der Waals surface area (Å²) in [6.07, 6.45) is 3.64. The molecule has 1 aromatic rings. The van der Waals surface area contributed by atoms with Crippen LogP contribution in [0.5, 0.6) is 0 Å². The van der Waals surface area contributed by atoms with Gasteiger partial charge in [-0.2, -0.15) is 0 Å². The molecular weight excluding hydrogens is 327 g/mol. The largest absolute Gasteiger partial charge is 0.385 e. The van der Waals surface area contributed by atoms with Gasteiger partial charge in [-0.3, -0.25) is 0 Å². The molecule has 2 rings (SSSR count). The number of rotatable bonds is 5. The van der Waals surface area contributed by atoms with Crippen LogP contribution in [0, 0.1) is 18.7 Å². The van der Waals surface area contributed by atoms with Crippen molar-refractivity contribution in [1.29, 1.82) is 0 Å². The smallest absolute Gasteiger partial charge is 0.216 e. The average molecular weight is 357 g/mol. The Kier molecular flexibility index (Phi) is 5.91. The topological polar surface area (TPSA) is 58.2 Å². The van der Waals surface area contributed by atoms with E-state index < -0.39 is 14.8 Å². The summed E-state index contributed by atoms with van der Waals surface area (Å²) in [7, 11) is -3.29. The minimum atomic E-state index is -3.29. The lowest BCUT2D eigenvalue weighted by Crippen LogP contribution is -2.46. The molecule has 1 aliphatic rings. The molecule has 0 radical (unpaired) electrons. The van der Waals surface area contributed by atoms with Gasteiger partial charge in [0.25, 0.3) is 0 Å². The van der Waals surface area contributed by atoms with Crippen LogP contribution in [0.4, 0.5) is 10.1 Å². The Morgan fingerprint density at radius 2 is 1.79 bits per heavy atom. The average Bonchev–Trinajstić information content (AvgIpc) is 2.48. The van der Waals surface area contributed by atoms with Crippen molar-refractivity contribution in [3.05, 3.63) is 29.6 Å². The summed E-state index contributed by atoms with van der Waals surface area (Å²) in [5, 5.41) is 3.29. The van der Waals surface area contributed by atoms with Crippen molar-refractivity contribution < 1.29 is 12.8 Å². The molecular formula is C18H29FN2O2S. The highest BCUT2D eigenvalue weighted by Crippen LogP contribution is 2.27. The normalized spacial score (nSPS) is 22.4. The summed E-state index contributed by atoms with van der Waals surface area (Å²) in [5.74, 6) is 0.296. The van der Waals surface area contributed by atoms with Gasteiger partial charge in [-0.1, -0.05) is 6.07 Å². The molecule has 0 bridgehead atoms. The Bertz CT molecular complexity index is 660. The maximum Gasteiger partial charge on any atom is 0.216 e. The fourth-order valence-electron chi connectivity index (χ4n) is 2.85. The molecule has 2 N–H and O–H groups in total. The summed E-state index contributed by atoms with van der Waals surface area (Å²) < 4.78 is 40.0. The molecule has 4 nitrogen and oxygen atoms in total. The Labute approximate surface area is 145 Å². The second kappa shape index (κ2) is 7.40. The molecule has 136 valence electrons. The molecule has 1 saturated carbocycles. The maximum atomic E-state index is 13.5.